The van der Waals surface area contributed by atoms with Gasteiger partial charge < -0.3 is 5.11 Å². The lowest BCUT2D eigenvalue weighted by Crippen LogP contribution is -2.48. The van der Waals surface area contributed by atoms with Crippen LogP contribution in [-0.2, 0) is 14.6 Å². The second-order valence-corrected chi connectivity index (χ2v) is 9.25. The van der Waals surface area contributed by atoms with Gasteiger partial charge in [0, 0.05) is 12.1 Å². The molecule has 1 saturated carbocycles. The van der Waals surface area contributed by atoms with Gasteiger partial charge in [0.2, 0.25) is 0 Å². The first-order valence-corrected chi connectivity index (χ1v) is 9.19. The van der Waals surface area contributed by atoms with E-state index in [1.165, 1.54) is 0 Å². The van der Waals surface area contributed by atoms with Crippen molar-refractivity contribution < 1.29 is 18.3 Å². The Morgan fingerprint density at radius 1 is 1.20 bits per heavy atom. The summed E-state index contributed by atoms with van der Waals surface area (Å²) in [6.45, 7) is 4.45. The summed E-state index contributed by atoms with van der Waals surface area (Å²) in [5.41, 5.74) is 0.327. The van der Waals surface area contributed by atoms with Crippen molar-refractivity contribution in [2.24, 2.45) is 5.41 Å². The smallest absolute Gasteiger partial charge is 0.317 e. The molecule has 2 fully saturated rings. The summed E-state index contributed by atoms with van der Waals surface area (Å²) in [4.78, 5) is 13.1. The molecule has 1 aliphatic carbocycles. The Balaban J connectivity index is 2.07. The number of carboxylic acids is 1. The Kier molecular flexibility index (Phi) is 4.44. The molecule has 6 heteroatoms. The highest BCUT2D eigenvalue weighted by molar-refractivity contribution is 7.91. The number of aliphatic carboxylic acids is 1. The van der Waals surface area contributed by atoms with Crippen molar-refractivity contribution >= 4 is 15.8 Å². The second kappa shape index (κ2) is 5.64. The standard InChI is InChI=1S/C14H25NO4S/c1-14(2)6-3-11(4-7-14)15(9-13(16)17)12-5-8-20(18,19)10-12/h11-12H,3-10H2,1-2H3,(H,16,17). The molecule has 0 amide bonds. The Hall–Kier alpha value is -0.620. The monoisotopic (exact) mass is 303 g/mol. The molecule has 5 nitrogen and oxygen atoms in total. The lowest BCUT2D eigenvalue weighted by atomic mass is 9.75. The Morgan fingerprint density at radius 2 is 1.80 bits per heavy atom. The van der Waals surface area contributed by atoms with Gasteiger partial charge in [-0.15, -0.1) is 0 Å². The summed E-state index contributed by atoms with van der Waals surface area (Å²) >= 11 is 0. The minimum absolute atomic E-state index is 0.0364. The summed E-state index contributed by atoms with van der Waals surface area (Å²) < 4.78 is 23.3. The molecule has 20 heavy (non-hydrogen) atoms. The summed E-state index contributed by atoms with van der Waals surface area (Å²) in [5, 5.41) is 9.12. The molecule has 1 N–H and O–H groups in total. The summed E-state index contributed by atoms with van der Waals surface area (Å²) in [6.07, 6.45) is 4.67. The van der Waals surface area contributed by atoms with E-state index < -0.39 is 15.8 Å². The predicted octanol–water partition coefficient (Wildman–Crippen LogP) is 1.53. The predicted molar refractivity (Wildman–Crippen MR) is 77.4 cm³/mol. The van der Waals surface area contributed by atoms with Crippen LogP contribution in [-0.4, -0.2) is 54.5 Å². The molecule has 0 radical (unpaired) electrons. The van der Waals surface area contributed by atoms with Crippen molar-refractivity contribution in [1.29, 1.82) is 0 Å². The van der Waals surface area contributed by atoms with Gasteiger partial charge in [-0.1, -0.05) is 13.8 Å². The van der Waals surface area contributed by atoms with Crippen molar-refractivity contribution in [3.63, 3.8) is 0 Å². The lowest BCUT2D eigenvalue weighted by Gasteiger charge is -2.41. The molecule has 0 aromatic rings. The molecule has 1 aliphatic heterocycles. The van der Waals surface area contributed by atoms with Gasteiger partial charge in [-0.2, -0.15) is 0 Å². The van der Waals surface area contributed by atoms with Crippen molar-refractivity contribution in [2.45, 2.75) is 58.0 Å². The summed E-state index contributed by atoms with van der Waals surface area (Å²) in [6, 6.07) is 0.111. The van der Waals surface area contributed by atoms with Crippen LogP contribution in [0.5, 0.6) is 0 Å². The topological polar surface area (TPSA) is 74.7 Å². The molecular formula is C14H25NO4S. The molecule has 0 aromatic carbocycles. The van der Waals surface area contributed by atoms with Crippen molar-refractivity contribution in [3.8, 4) is 0 Å². The van der Waals surface area contributed by atoms with Gasteiger partial charge in [-0.3, -0.25) is 9.69 Å². The van der Waals surface area contributed by atoms with Crippen LogP contribution in [0.1, 0.15) is 46.0 Å². The fourth-order valence-corrected chi connectivity index (χ4v) is 5.21. The highest BCUT2D eigenvalue weighted by Crippen LogP contribution is 2.38. The minimum Gasteiger partial charge on any atom is -0.480 e. The maximum absolute atomic E-state index is 11.6. The molecule has 0 aromatic heterocycles. The molecule has 1 unspecified atom stereocenters. The first-order valence-electron chi connectivity index (χ1n) is 7.36. The molecule has 1 heterocycles. The van der Waals surface area contributed by atoms with Gasteiger partial charge in [-0.05, 0) is 37.5 Å². The average molecular weight is 303 g/mol. The van der Waals surface area contributed by atoms with Crippen LogP contribution in [0.3, 0.4) is 0 Å². The molecule has 2 rings (SSSR count). The number of sulfone groups is 1. The van der Waals surface area contributed by atoms with Gasteiger partial charge in [0.15, 0.2) is 9.84 Å². The quantitative estimate of drug-likeness (QED) is 0.852. The number of hydrogen-bond acceptors (Lipinski definition) is 4. The Labute approximate surface area is 121 Å². The number of hydrogen-bond donors (Lipinski definition) is 1. The van der Waals surface area contributed by atoms with E-state index in [9.17, 15) is 13.2 Å². The van der Waals surface area contributed by atoms with Crippen LogP contribution >= 0.6 is 0 Å². The normalized spacial score (nSPS) is 29.6. The third-order valence-corrected chi connectivity index (χ3v) is 6.52. The van der Waals surface area contributed by atoms with Crippen LogP contribution < -0.4 is 0 Å². The highest BCUT2D eigenvalue weighted by Gasteiger charge is 2.38. The van der Waals surface area contributed by atoms with Crippen molar-refractivity contribution in [1.82, 2.24) is 4.90 Å². The molecular weight excluding hydrogens is 278 g/mol. The fraction of sp³-hybridized carbons (Fsp3) is 0.929. The molecule has 1 saturated heterocycles. The highest BCUT2D eigenvalue weighted by atomic mass is 32.2. The van der Waals surface area contributed by atoms with Crippen LogP contribution in [0, 0.1) is 5.41 Å². The van der Waals surface area contributed by atoms with Crippen LogP contribution in [0.15, 0.2) is 0 Å². The lowest BCUT2D eigenvalue weighted by molar-refractivity contribution is -0.140. The Bertz CT molecular complexity index is 462. The summed E-state index contributed by atoms with van der Waals surface area (Å²) in [5.74, 6) is -0.536. The number of carbonyl (C=O) groups is 1. The molecule has 2 aliphatic rings. The van der Waals surface area contributed by atoms with E-state index in [4.69, 9.17) is 5.11 Å². The molecule has 0 spiro atoms. The van der Waals surface area contributed by atoms with E-state index >= 15 is 0 Å². The summed E-state index contributed by atoms with van der Waals surface area (Å²) in [7, 11) is -2.97. The third kappa shape index (κ3) is 3.95. The molecule has 1 atom stereocenters. The van der Waals surface area contributed by atoms with Crippen LogP contribution in [0.4, 0.5) is 0 Å². The fourth-order valence-electron chi connectivity index (χ4n) is 3.47. The van der Waals surface area contributed by atoms with Gasteiger partial charge in [0.25, 0.3) is 0 Å². The van der Waals surface area contributed by atoms with Crippen LogP contribution in [0.25, 0.3) is 0 Å². The molecule has 0 bridgehead atoms. The largest absolute Gasteiger partial charge is 0.480 e. The molecule has 116 valence electrons. The van der Waals surface area contributed by atoms with E-state index in [0.717, 1.165) is 25.7 Å². The van der Waals surface area contributed by atoms with Crippen molar-refractivity contribution in [2.75, 3.05) is 18.1 Å². The zero-order chi connectivity index (χ0) is 15.0. The van der Waals surface area contributed by atoms with Gasteiger partial charge in [0.05, 0.1) is 18.1 Å². The van der Waals surface area contributed by atoms with E-state index in [2.05, 4.69) is 13.8 Å². The average Bonchev–Trinajstić information content (AvgIpc) is 2.67. The van der Waals surface area contributed by atoms with E-state index in [1.807, 2.05) is 4.90 Å². The number of nitrogens with zero attached hydrogens (tertiary/aromatic N) is 1. The van der Waals surface area contributed by atoms with Crippen LogP contribution in [0.2, 0.25) is 0 Å². The Morgan fingerprint density at radius 3 is 2.25 bits per heavy atom. The van der Waals surface area contributed by atoms with Gasteiger partial charge >= 0.3 is 5.97 Å². The van der Waals surface area contributed by atoms with Gasteiger partial charge in [0.1, 0.15) is 0 Å². The maximum Gasteiger partial charge on any atom is 0.317 e. The zero-order valence-electron chi connectivity index (χ0n) is 12.3. The minimum atomic E-state index is -2.97. The van der Waals surface area contributed by atoms with E-state index in [1.54, 1.807) is 0 Å². The zero-order valence-corrected chi connectivity index (χ0v) is 13.2. The maximum atomic E-state index is 11.6. The first-order chi connectivity index (χ1) is 9.19. The SMILES string of the molecule is CC1(C)CCC(N(CC(=O)O)C2CCS(=O)(=O)C2)CC1. The third-order valence-electron chi connectivity index (χ3n) is 4.77. The van der Waals surface area contributed by atoms with Gasteiger partial charge in [-0.25, -0.2) is 8.42 Å². The number of rotatable bonds is 4. The van der Waals surface area contributed by atoms with Crippen molar-refractivity contribution in [3.05, 3.63) is 0 Å². The number of carboxylic acid groups (broad SMARTS) is 1. The van der Waals surface area contributed by atoms with E-state index in [0.29, 0.717) is 11.8 Å². The van der Waals surface area contributed by atoms with E-state index in [-0.39, 0.29) is 30.1 Å². The first kappa shape index (κ1) is 15.8. The second-order valence-electron chi connectivity index (χ2n) is 7.02.